The van der Waals surface area contributed by atoms with Crippen LogP contribution < -0.4 is 0 Å². The van der Waals surface area contributed by atoms with Gasteiger partial charge in [-0.3, -0.25) is 0 Å². The Labute approximate surface area is 87.2 Å². The minimum Gasteiger partial charge on any atom is -0.244 e. The summed E-state index contributed by atoms with van der Waals surface area (Å²) in [5, 5.41) is 4.77. The second kappa shape index (κ2) is 2.85. The molecule has 4 heteroatoms. The molecule has 1 aliphatic heterocycles. The number of fused-ring (bicyclic) bond motifs is 3. The maximum absolute atomic E-state index is 4.31. The van der Waals surface area contributed by atoms with Gasteiger partial charge in [0.1, 0.15) is 0 Å². The van der Waals surface area contributed by atoms with Gasteiger partial charge in [0.2, 0.25) is 5.16 Å². The van der Waals surface area contributed by atoms with Gasteiger partial charge < -0.3 is 0 Å². The molecule has 0 unspecified atom stereocenters. The van der Waals surface area contributed by atoms with Gasteiger partial charge in [-0.1, -0.05) is 24.3 Å². The van der Waals surface area contributed by atoms with E-state index >= 15 is 0 Å². The number of hydrogen-bond acceptors (Lipinski definition) is 3. The first-order valence-electron chi connectivity index (χ1n) is 4.57. The van der Waals surface area contributed by atoms with Gasteiger partial charge in [-0.2, -0.15) is 0 Å². The number of aromatic nitrogens is 3. The van der Waals surface area contributed by atoms with Crippen LogP contribution in [-0.4, -0.2) is 14.8 Å². The Morgan fingerprint density at radius 3 is 3.07 bits per heavy atom. The van der Waals surface area contributed by atoms with Crippen LogP contribution in [0.5, 0.6) is 0 Å². The maximum Gasteiger partial charge on any atom is 0.205 e. The molecule has 0 bridgehead atoms. The minimum absolute atomic E-state index is 0.553. The topological polar surface area (TPSA) is 30.7 Å². The first kappa shape index (κ1) is 8.05. The third kappa shape index (κ3) is 1.07. The monoisotopic (exact) mass is 203 g/mol. The second-order valence-corrected chi connectivity index (χ2v) is 3.77. The van der Waals surface area contributed by atoms with Crippen LogP contribution in [0.15, 0.2) is 29.4 Å². The number of rotatable bonds is 0. The molecule has 3 rings (SSSR count). The Morgan fingerprint density at radius 2 is 2.14 bits per heavy atom. The highest BCUT2D eigenvalue weighted by Gasteiger charge is 2.17. The number of benzene rings is 1. The molecule has 0 aliphatic carbocycles. The van der Waals surface area contributed by atoms with Crippen molar-refractivity contribution >= 4 is 12.6 Å². The summed E-state index contributed by atoms with van der Waals surface area (Å²) in [6, 6.07) is 8.32. The van der Waals surface area contributed by atoms with Gasteiger partial charge in [-0.05, 0) is 12.0 Å². The molecule has 0 radical (unpaired) electrons. The molecule has 70 valence electrons. The van der Waals surface area contributed by atoms with Crippen LogP contribution >= 0.6 is 12.6 Å². The fourth-order valence-electron chi connectivity index (χ4n) is 1.87. The van der Waals surface area contributed by atoms with Crippen molar-refractivity contribution in [3.63, 3.8) is 0 Å². The molecule has 0 N–H and O–H groups in total. The molecule has 1 aromatic heterocycles. The van der Waals surface area contributed by atoms with Crippen molar-refractivity contribution in [2.24, 2.45) is 0 Å². The summed E-state index contributed by atoms with van der Waals surface area (Å²) < 4.78 is 1.92. The molecule has 0 atom stereocenters. The Hall–Kier alpha value is -1.29. The summed E-state index contributed by atoms with van der Waals surface area (Å²) in [6.07, 6.45) is 1.03. The van der Waals surface area contributed by atoms with Gasteiger partial charge in [-0.25, -0.2) is 9.67 Å². The Bertz CT molecular complexity index is 490. The lowest BCUT2D eigenvalue weighted by molar-refractivity contribution is 0.594. The molecule has 2 aromatic rings. The highest BCUT2D eigenvalue weighted by Crippen LogP contribution is 2.27. The van der Waals surface area contributed by atoms with E-state index in [9.17, 15) is 0 Å². The molecular formula is C10H9N3S. The molecule has 1 aliphatic rings. The van der Waals surface area contributed by atoms with Crippen LogP contribution in [0.3, 0.4) is 0 Å². The molecule has 0 spiro atoms. The van der Waals surface area contributed by atoms with Gasteiger partial charge in [0.05, 0.1) is 0 Å². The smallest absolute Gasteiger partial charge is 0.205 e. The van der Waals surface area contributed by atoms with E-state index in [1.165, 1.54) is 11.1 Å². The zero-order valence-electron chi connectivity index (χ0n) is 7.51. The quantitative estimate of drug-likeness (QED) is 0.662. The van der Waals surface area contributed by atoms with E-state index < -0.39 is 0 Å². The highest BCUT2D eigenvalue weighted by atomic mass is 32.1. The molecule has 0 saturated heterocycles. The maximum atomic E-state index is 4.31. The highest BCUT2D eigenvalue weighted by molar-refractivity contribution is 7.80. The lowest BCUT2D eigenvalue weighted by Crippen LogP contribution is -2.11. The second-order valence-electron chi connectivity index (χ2n) is 3.37. The molecule has 0 saturated carbocycles. The molecule has 0 amide bonds. The Kier molecular flexibility index (Phi) is 1.64. The molecular weight excluding hydrogens is 194 g/mol. The lowest BCUT2D eigenvalue weighted by Gasteiger charge is -2.15. The number of hydrogen-bond donors (Lipinski definition) is 1. The van der Waals surface area contributed by atoms with E-state index in [0.29, 0.717) is 5.16 Å². The third-order valence-electron chi connectivity index (χ3n) is 2.51. The standard InChI is InChI=1S/C10H9N3S/c14-10-11-9-8-4-2-1-3-7(8)5-6-13(9)12-10/h1-4H,5-6H2,(H,12,14). The van der Waals surface area contributed by atoms with Gasteiger partial charge in [0.25, 0.3) is 0 Å². The van der Waals surface area contributed by atoms with E-state index in [4.69, 9.17) is 0 Å². The summed E-state index contributed by atoms with van der Waals surface area (Å²) in [5.41, 5.74) is 2.53. The molecule has 2 heterocycles. The number of aryl methyl sites for hydroxylation is 2. The van der Waals surface area contributed by atoms with Crippen molar-refractivity contribution in [1.82, 2.24) is 14.8 Å². The van der Waals surface area contributed by atoms with Crippen molar-refractivity contribution in [2.75, 3.05) is 0 Å². The van der Waals surface area contributed by atoms with E-state index in [2.05, 4.69) is 40.9 Å². The van der Waals surface area contributed by atoms with Crippen molar-refractivity contribution in [1.29, 1.82) is 0 Å². The average molecular weight is 203 g/mol. The fraction of sp³-hybridized carbons (Fsp3) is 0.200. The Morgan fingerprint density at radius 1 is 1.29 bits per heavy atom. The van der Waals surface area contributed by atoms with Gasteiger partial charge in [0, 0.05) is 12.1 Å². The van der Waals surface area contributed by atoms with Crippen molar-refractivity contribution < 1.29 is 0 Å². The van der Waals surface area contributed by atoms with Crippen molar-refractivity contribution in [2.45, 2.75) is 18.1 Å². The number of nitrogens with zero attached hydrogens (tertiary/aromatic N) is 3. The van der Waals surface area contributed by atoms with Gasteiger partial charge >= 0.3 is 0 Å². The summed E-state index contributed by atoms with van der Waals surface area (Å²) in [4.78, 5) is 4.31. The first-order chi connectivity index (χ1) is 6.84. The van der Waals surface area contributed by atoms with E-state index in [1.54, 1.807) is 0 Å². The molecule has 3 nitrogen and oxygen atoms in total. The number of thiol groups is 1. The molecule has 14 heavy (non-hydrogen) atoms. The largest absolute Gasteiger partial charge is 0.244 e. The molecule has 0 fully saturated rings. The summed E-state index contributed by atoms with van der Waals surface area (Å²) in [6.45, 7) is 0.903. The summed E-state index contributed by atoms with van der Waals surface area (Å²) in [5.74, 6) is 0.942. The zero-order chi connectivity index (χ0) is 9.54. The van der Waals surface area contributed by atoms with Crippen LogP contribution in [0.1, 0.15) is 5.56 Å². The average Bonchev–Trinajstić information content (AvgIpc) is 2.59. The lowest BCUT2D eigenvalue weighted by atomic mass is 10.0. The van der Waals surface area contributed by atoms with E-state index in [1.807, 2.05) is 10.7 Å². The Balaban J connectivity index is 2.28. The van der Waals surface area contributed by atoms with E-state index in [-0.39, 0.29) is 0 Å². The van der Waals surface area contributed by atoms with Gasteiger partial charge in [-0.15, -0.1) is 17.7 Å². The fourth-order valence-corrected chi connectivity index (χ4v) is 2.07. The van der Waals surface area contributed by atoms with Crippen molar-refractivity contribution in [3.05, 3.63) is 29.8 Å². The van der Waals surface area contributed by atoms with Crippen LogP contribution in [-0.2, 0) is 13.0 Å². The third-order valence-corrected chi connectivity index (χ3v) is 2.70. The molecule has 1 aromatic carbocycles. The first-order valence-corrected chi connectivity index (χ1v) is 5.01. The van der Waals surface area contributed by atoms with Crippen molar-refractivity contribution in [3.8, 4) is 11.4 Å². The van der Waals surface area contributed by atoms with Crippen LogP contribution in [0.2, 0.25) is 0 Å². The minimum atomic E-state index is 0.553. The van der Waals surface area contributed by atoms with Crippen LogP contribution in [0.4, 0.5) is 0 Å². The SMILES string of the molecule is Sc1nc2n(n1)CCc1ccccc1-2. The zero-order valence-corrected chi connectivity index (χ0v) is 8.41. The van der Waals surface area contributed by atoms with Crippen LogP contribution in [0.25, 0.3) is 11.4 Å². The van der Waals surface area contributed by atoms with Gasteiger partial charge in [0.15, 0.2) is 5.82 Å². The van der Waals surface area contributed by atoms with Crippen LogP contribution in [0, 0.1) is 0 Å². The predicted octanol–water partition coefficient (Wildman–Crippen LogP) is 1.79. The summed E-state index contributed by atoms with van der Waals surface area (Å²) >= 11 is 4.16. The predicted molar refractivity (Wildman–Crippen MR) is 56.4 cm³/mol. The summed E-state index contributed by atoms with van der Waals surface area (Å²) in [7, 11) is 0. The normalized spacial score (nSPS) is 13.5. The van der Waals surface area contributed by atoms with E-state index in [0.717, 1.165) is 18.8 Å².